The monoisotopic (exact) mass is 237 g/mol. The lowest BCUT2D eigenvalue weighted by Gasteiger charge is -2.28. The Labute approximate surface area is 102 Å². The van der Waals surface area contributed by atoms with Crippen LogP contribution in [0.2, 0.25) is 0 Å². The SMILES string of the molecule is CC1CCCC(Oc2cccc(F)c2CN)C1. The van der Waals surface area contributed by atoms with Crippen molar-refractivity contribution in [2.24, 2.45) is 11.7 Å². The van der Waals surface area contributed by atoms with Gasteiger partial charge in [-0.25, -0.2) is 4.39 Å². The second-order valence-electron chi connectivity index (χ2n) is 4.93. The van der Waals surface area contributed by atoms with Crippen LogP contribution < -0.4 is 10.5 Å². The van der Waals surface area contributed by atoms with E-state index >= 15 is 0 Å². The van der Waals surface area contributed by atoms with Crippen molar-refractivity contribution >= 4 is 0 Å². The molecule has 0 bridgehead atoms. The minimum Gasteiger partial charge on any atom is -0.490 e. The zero-order valence-electron chi connectivity index (χ0n) is 10.3. The zero-order valence-corrected chi connectivity index (χ0v) is 10.3. The summed E-state index contributed by atoms with van der Waals surface area (Å²) in [6.45, 7) is 2.43. The van der Waals surface area contributed by atoms with E-state index in [0.717, 1.165) is 12.8 Å². The maximum Gasteiger partial charge on any atom is 0.131 e. The molecule has 0 saturated heterocycles. The summed E-state index contributed by atoms with van der Waals surface area (Å²) in [4.78, 5) is 0. The molecule has 94 valence electrons. The molecule has 17 heavy (non-hydrogen) atoms. The van der Waals surface area contributed by atoms with Gasteiger partial charge in [-0.3, -0.25) is 0 Å². The van der Waals surface area contributed by atoms with Crippen LogP contribution in [0.5, 0.6) is 5.75 Å². The highest BCUT2D eigenvalue weighted by molar-refractivity contribution is 5.34. The smallest absolute Gasteiger partial charge is 0.131 e. The van der Waals surface area contributed by atoms with Crippen molar-refractivity contribution < 1.29 is 9.13 Å². The van der Waals surface area contributed by atoms with E-state index in [1.54, 1.807) is 6.07 Å². The summed E-state index contributed by atoms with van der Waals surface area (Å²) in [5.74, 6) is 1.05. The molecule has 0 heterocycles. The second-order valence-corrected chi connectivity index (χ2v) is 4.93. The van der Waals surface area contributed by atoms with E-state index in [1.807, 2.05) is 6.07 Å². The van der Waals surface area contributed by atoms with E-state index < -0.39 is 0 Å². The topological polar surface area (TPSA) is 35.2 Å². The summed E-state index contributed by atoms with van der Waals surface area (Å²) >= 11 is 0. The minimum atomic E-state index is -0.270. The molecular weight excluding hydrogens is 217 g/mol. The molecule has 1 aromatic rings. The Balaban J connectivity index is 2.10. The van der Waals surface area contributed by atoms with Crippen molar-refractivity contribution in [1.82, 2.24) is 0 Å². The van der Waals surface area contributed by atoms with Crippen LogP contribution in [0.15, 0.2) is 18.2 Å². The van der Waals surface area contributed by atoms with E-state index in [2.05, 4.69) is 6.92 Å². The van der Waals surface area contributed by atoms with Gasteiger partial charge in [0.25, 0.3) is 0 Å². The quantitative estimate of drug-likeness (QED) is 0.876. The molecule has 2 N–H and O–H groups in total. The average Bonchev–Trinajstić information content (AvgIpc) is 2.29. The fraction of sp³-hybridized carbons (Fsp3) is 0.571. The lowest BCUT2D eigenvalue weighted by molar-refractivity contribution is 0.127. The van der Waals surface area contributed by atoms with Gasteiger partial charge in [-0.05, 0) is 37.3 Å². The Kier molecular flexibility index (Phi) is 4.00. The molecule has 0 spiro atoms. The van der Waals surface area contributed by atoms with Crippen LogP contribution in [0.25, 0.3) is 0 Å². The van der Waals surface area contributed by atoms with Crippen LogP contribution >= 0.6 is 0 Å². The average molecular weight is 237 g/mol. The first-order valence-electron chi connectivity index (χ1n) is 6.34. The Morgan fingerprint density at radius 3 is 2.94 bits per heavy atom. The summed E-state index contributed by atoms with van der Waals surface area (Å²) in [6, 6.07) is 4.92. The van der Waals surface area contributed by atoms with Crippen LogP contribution in [-0.2, 0) is 6.54 Å². The highest BCUT2D eigenvalue weighted by Crippen LogP contribution is 2.29. The number of hydrogen-bond acceptors (Lipinski definition) is 2. The summed E-state index contributed by atoms with van der Waals surface area (Å²) in [5, 5.41) is 0. The Morgan fingerprint density at radius 1 is 1.41 bits per heavy atom. The number of hydrogen-bond donors (Lipinski definition) is 1. The van der Waals surface area contributed by atoms with Gasteiger partial charge >= 0.3 is 0 Å². The predicted octanol–water partition coefficient (Wildman–Crippen LogP) is 3.24. The van der Waals surface area contributed by atoms with Crippen molar-refractivity contribution in [3.05, 3.63) is 29.6 Å². The highest BCUT2D eigenvalue weighted by Gasteiger charge is 2.21. The van der Waals surface area contributed by atoms with Crippen molar-refractivity contribution in [1.29, 1.82) is 0 Å². The van der Waals surface area contributed by atoms with Crippen LogP contribution in [0.1, 0.15) is 38.2 Å². The van der Waals surface area contributed by atoms with E-state index in [0.29, 0.717) is 17.2 Å². The highest BCUT2D eigenvalue weighted by atomic mass is 19.1. The molecule has 0 radical (unpaired) electrons. The normalized spacial score (nSPS) is 24.6. The van der Waals surface area contributed by atoms with Crippen LogP contribution in [0, 0.1) is 11.7 Å². The lowest BCUT2D eigenvalue weighted by Crippen LogP contribution is -2.24. The van der Waals surface area contributed by atoms with Crippen molar-refractivity contribution in [3.63, 3.8) is 0 Å². The van der Waals surface area contributed by atoms with Gasteiger partial charge in [0.2, 0.25) is 0 Å². The molecule has 0 aromatic heterocycles. The standard InChI is InChI=1S/C14H20FNO/c1-10-4-2-5-11(8-10)17-14-7-3-6-13(15)12(14)9-16/h3,6-7,10-11H,2,4-5,8-9,16H2,1H3. The molecule has 1 aliphatic carbocycles. The van der Waals surface area contributed by atoms with Gasteiger partial charge in [-0.1, -0.05) is 19.4 Å². The second kappa shape index (κ2) is 5.50. The maximum absolute atomic E-state index is 13.5. The predicted molar refractivity (Wildman–Crippen MR) is 66.3 cm³/mol. The van der Waals surface area contributed by atoms with Crippen LogP contribution in [-0.4, -0.2) is 6.10 Å². The molecule has 0 aliphatic heterocycles. The molecule has 1 fully saturated rings. The van der Waals surface area contributed by atoms with Gasteiger partial charge in [0.15, 0.2) is 0 Å². The summed E-state index contributed by atoms with van der Waals surface area (Å²) < 4.78 is 19.4. The van der Waals surface area contributed by atoms with E-state index in [9.17, 15) is 4.39 Å². The van der Waals surface area contributed by atoms with Crippen LogP contribution in [0.3, 0.4) is 0 Å². The fourth-order valence-electron chi connectivity index (χ4n) is 2.51. The summed E-state index contributed by atoms with van der Waals surface area (Å²) in [6.07, 6.45) is 4.79. The zero-order chi connectivity index (χ0) is 12.3. The molecule has 3 heteroatoms. The fourth-order valence-corrected chi connectivity index (χ4v) is 2.51. The lowest BCUT2D eigenvalue weighted by atomic mass is 9.88. The number of ether oxygens (including phenoxy) is 1. The van der Waals surface area contributed by atoms with Crippen LogP contribution in [0.4, 0.5) is 4.39 Å². The van der Waals surface area contributed by atoms with Crippen molar-refractivity contribution in [2.45, 2.75) is 45.3 Å². The molecule has 2 unspecified atom stereocenters. The van der Waals surface area contributed by atoms with Gasteiger partial charge < -0.3 is 10.5 Å². The molecule has 2 nitrogen and oxygen atoms in total. The van der Waals surface area contributed by atoms with Crippen molar-refractivity contribution in [3.8, 4) is 5.75 Å². The van der Waals surface area contributed by atoms with Gasteiger partial charge in [-0.15, -0.1) is 0 Å². The number of nitrogens with two attached hydrogens (primary N) is 1. The molecular formula is C14H20FNO. The number of halogens is 1. The molecule has 1 aliphatic rings. The summed E-state index contributed by atoms with van der Waals surface area (Å²) in [5.41, 5.74) is 6.06. The largest absolute Gasteiger partial charge is 0.490 e. The third-order valence-electron chi connectivity index (χ3n) is 3.46. The van der Waals surface area contributed by atoms with E-state index in [-0.39, 0.29) is 18.5 Å². The third-order valence-corrected chi connectivity index (χ3v) is 3.46. The Bertz CT molecular complexity index is 380. The maximum atomic E-state index is 13.5. The van der Waals surface area contributed by atoms with Gasteiger partial charge in [0.1, 0.15) is 11.6 Å². The van der Waals surface area contributed by atoms with Gasteiger partial charge in [-0.2, -0.15) is 0 Å². The van der Waals surface area contributed by atoms with E-state index in [4.69, 9.17) is 10.5 Å². The molecule has 2 atom stereocenters. The molecule has 2 rings (SSSR count). The molecule has 0 amide bonds. The number of rotatable bonds is 3. The first-order valence-corrected chi connectivity index (χ1v) is 6.34. The minimum absolute atomic E-state index is 0.185. The van der Waals surface area contributed by atoms with E-state index in [1.165, 1.54) is 18.9 Å². The first kappa shape index (κ1) is 12.4. The Morgan fingerprint density at radius 2 is 2.24 bits per heavy atom. The number of benzene rings is 1. The van der Waals surface area contributed by atoms with Crippen molar-refractivity contribution in [2.75, 3.05) is 0 Å². The van der Waals surface area contributed by atoms with Gasteiger partial charge in [0, 0.05) is 12.1 Å². The molecule has 1 saturated carbocycles. The van der Waals surface area contributed by atoms with Gasteiger partial charge in [0.05, 0.1) is 6.10 Å². The summed E-state index contributed by atoms with van der Waals surface area (Å²) in [7, 11) is 0. The third kappa shape index (κ3) is 2.97. The Hall–Kier alpha value is -1.09. The first-order chi connectivity index (χ1) is 8.20. The molecule has 1 aromatic carbocycles.